The van der Waals surface area contributed by atoms with E-state index >= 15 is 0 Å². The highest BCUT2D eigenvalue weighted by atomic mass is 16.2. The standard InChI is InChI=1S/C12H19N3O/c1-4-5-9(2)15(3)12(16)11-7-6-10(13)8-14-11/h6-9H,4-5,13H2,1-3H3. The minimum atomic E-state index is -0.0547. The molecule has 2 N–H and O–H groups in total. The predicted molar refractivity (Wildman–Crippen MR) is 65.1 cm³/mol. The summed E-state index contributed by atoms with van der Waals surface area (Å²) in [6.45, 7) is 4.15. The number of carbonyl (C=O) groups excluding carboxylic acids is 1. The fourth-order valence-corrected chi connectivity index (χ4v) is 1.52. The summed E-state index contributed by atoms with van der Waals surface area (Å²) in [5.74, 6) is -0.0547. The van der Waals surface area contributed by atoms with E-state index in [1.165, 1.54) is 6.20 Å². The normalized spacial score (nSPS) is 12.2. The van der Waals surface area contributed by atoms with Crippen molar-refractivity contribution in [3.63, 3.8) is 0 Å². The number of nitrogens with zero attached hydrogens (tertiary/aromatic N) is 2. The van der Waals surface area contributed by atoms with Crippen molar-refractivity contribution in [2.75, 3.05) is 12.8 Å². The van der Waals surface area contributed by atoms with Crippen molar-refractivity contribution < 1.29 is 4.79 Å². The molecule has 1 aromatic heterocycles. The maximum atomic E-state index is 12.0. The highest BCUT2D eigenvalue weighted by Gasteiger charge is 2.17. The highest BCUT2D eigenvalue weighted by Crippen LogP contribution is 2.09. The zero-order valence-electron chi connectivity index (χ0n) is 10.1. The first-order chi connectivity index (χ1) is 7.56. The second kappa shape index (κ2) is 5.49. The first kappa shape index (κ1) is 12.5. The molecule has 0 aliphatic heterocycles. The summed E-state index contributed by atoms with van der Waals surface area (Å²) in [6, 6.07) is 3.59. The SMILES string of the molecule is CCCC(C)N(C)C(=O)c1ccc(N)cn1. The monoisotopic (exact) mass is 221 g/mol. The summed E-state index contributed by atoms with van der Waals surface area (Å²) in [5, 5.41) is 0. The minimum Gasteiger partial charge on any atom is -0.397 e. The Kier molecular flexibility index (Phi) is 4.28. The Hall–Kier alpha value is -1.58. The summed E-state index contributed by atoms with van der Waals surface area (Å²) >= 11 is 0. The molecule has 1 unspecified atom stereocenters. The molecule has 0 spiro atoms. The number of hydrogen-bond acceptors (Lipinski definition) is 3. The number of aromatic nitrogens is 1. The van der Waals surface area contributed by atoms with Crippen LogP contribution in [0.3, 0.4) is 0 Å². The van der Waals surface area contributed by atoms with Gasteiger partial charge in [-0.3, -0.25) is 4.79 Å². The topological polar surface area (TPSA) is 59.2 Å². The van der Waals surface area contributed by atoms with Gasteiger partial charge in [0.15, 0.2) is 0 Å². The second-order valence-corrected chi connectivity index (χ2v) is 4.03. The number of amides is 1. The zero-order chi connectivity index (χ0) is 12.1. The molecule has 0 aliphatic rings. The predicted octanol–water partition coefficient (Wildman–Crippen LogP) is 1.92. The molecular formula is C12H19N3O. The Morgan fingerprint density at radius 1 is 1.56 bits per heavy atom. The highest BCUT2D eigenvalue weighted by molar-refractivity contribution is 5.92. The third-order valence-electron chi connectivity index (χ3n) is 2.69. The summed E-state index contributed by atoms with van der Waals surface area (Å²) in [6.07, 6.45) is 3.57. The number of pyridine rings is 1. The molecular weight excluding hydrogens is 202 g/mol. The molecule has 0 fully saturated rings. The fourth-order valence-electron chi connectivity index (χ4n) is 1.52. The molecule has 4 nitrogen and oxygen atoms in total. The molecule has 88 valence electrons. The molecule has 0 aliphatic carbocycles. The van der Waals surface area contributed by atoms with Crippen LogP contribution in [-0.4, -0.2) is 28.9 Å². The molecule has 0 bridgehead atoms. The van der Waals surface area contributed by atoms with E-state index in [0.29, 0.717) is 11.4 Å². The van der Waals surface area contributed by atoms with Gasteiger partial charge in [-0.15, -0.1) is 0 Å². The van der Waals surface area contributed by atoms with Crippen LogP contribution >= 0.6 is 0 Å². The quantitative estimate of drug-likeness (QED) is 0.845. The second-order valence-electron chi connectivity index (χ2n) is 4.03. The number of carbonyl (C=O) groups is 1. The van der Waals surface area contributed by atoms with E-state index in [2.05, 4.69) is 11.9 Å². The first-order valence-electron chi connectivity index (χ1n) is 5.55. The van der Waals surface area contributed by atoms with E-state index in [1.54, 1.807) is 24.1 Å². The summed E-state index contributed by atoms with van der Waals surface area (Å²) < 4.78 is 0. The van der Waals surface area contributed by atoms with Gasteiger partial charge in [0.25, 0.3) is 5.91 Å². The zero-order valence-corrected chi connectivity index (χ0v) is 10.1. The Bertz CT molecular complexity index is 348. The van der Waals surface area contributed by atoms with Crippen molar-refractivity contribution in [3.05, 3.63) is 24.0 Å². The van der Waals surface area contributed by atoms with E-state index in [-0.39, 0.29) is 11.9 Å². The maximum Gasteiger partial charge on any atom is 0.272 e. The van der Waals surface area contributed by atoms with Gasteiger partial charge < -0.3 is 10.6 Å². The van der Waals surface area contributed by atoms with Crippen molar-refractivity contribution in [2.45, 2.75) is 32.7 Å². The molecule has 1 heterocycles. The van der Waals surface area contributed by atoms with Gasteiger partial charge in [-0.1, -0.05) is 13.3 Å². The fraction of sp³-hybridized carbons (Fsp3) is 0.500. The molecule has 0 saturated heterocycles. The summed E-state index contributed by atoms with van der Waals surface area (Å²) in [7, 11) is 1.81. The molecule has 16 heavy (non-hydrogen) atoms. The molecule has 1 aromatic rings. The van der Waals surface area contributed by atoms with E-state index in [1.807, 2.05) is 6.92 Å². The lowest BCUT2D eigenvalue weighted by Crippen LogP contribution is -2.35. The molecule has 0 radical (unpaired) electrons. The first-order valence-corrected chi connectivity index (χ1v) is 5.55. The number of nitrogen functional groups attached to an aromatic ring is 1. The van der Waals surface area contributed by atoms with E-state index < -0.39 is 0 Å². The molecule has 0 saturated carbocycles. The van der Waals surface area contributed by atoms with Crippen LogP contribution in [0.2, 0.25) is 0 Å². The third kappa shape index (κ3) is 2.95. The third-order valence-corrected chi connectivity index (χ3v) is 2.69. The molecule has 1 amide bonds. The van der Waals surface area contributed by atoms with Crippen molar-refractivity contribution in [2.24, 2.45) is 0 Å². The van der Waals surface area contributed by atoms with Crippen LogP contribution in [0.4, 0.5) is 5.69 Å². The Balaban J connectivity index is 2.73. The van der Waals surface area contributed by atoms with E-state index in [9.17, 15) is 4.79 Å². The number of nitrogens with two attached hydrogens (primary N) is 1. The number of rotatable bonds is 4. The lowest BCUT2D eigenvalue weighted by molar-refractivity contribution is 0.0731. The van der Waals surface area contributed by atoms with Crippen molar-refractivity contribution in [1.82, 2.24) is 9.88 Å². The lowest BCUT2D eigenvalue weighted by atomic mass is 10.1. The Morgan fingerprint density at radius 3 is 2.75 bits per heavy atom. The van der Waals surface area contributed by atoms with Crippen molar-refractivity contribution in [1.29, 1.82) is 0 Å². The lowest BCUT2D eigenvalue weighted by Gasteiger charge is -2.24. The Labute approximate surface area is 96.5 Å². The average molecular weight is 221 g/mol. The minimum absolute atomic E-state index is 0.0547. The van der Waals surface area contributed by atoms with E-state index in [0.717, 1.165) is 12.8 Å². The van der Waals surface area contributed by atoms with Gasteiger partial charge in [0.1, 0.15) is 5.69 Å². The van der Waals surface area contributed by atoms with Crippen LogP contribution in [0.5, 0.6) is 0 Å². The van der Waals surface area contributed by atoms with Gasteiger partial charge in [-0.2, -0.15) is 0 Å². The maximum absolute atomic E-state index is 12.0. The van der Waals surface area contributed by atoms with Crippen LogP contribution in [0.25, 0.3) is 0 Å². The van der Waals surface area contributed by atoms with Gasteiger partial charge in [-0.25, -0.2) is 4.98 Å². The van der Waals surface area contributed by atoms with Gasteiger partial charge >= 0.3 is 0 Å². The summed E-state index contributed by atoms with van der Waals surface area (Å²) in [4.78, 5) is 17.7. The van der Waals surface area contributed by atoms with Gasteiger partial charge in [-0.05, 0) is 25.5 Å². The van der Waals surface area contributed by atoms with Crippen LogP contribution in [0.15, 0.2) is 18.3 Å². The summed E-state index contributed by atoms with van der Waals surface area (Å²) in [5.41, 5.74) is 6.54. The van der Waals surface area contributed by atoms with Crippen molar-refractivity contribution >= 4 is 11.6 Å². The number of anilines is 1. The molecule has 1 atom stereocenters. The number of hydrogen-bond donors (Lipinski definition) is 1. The van der Waals surface area contributed by atoms with Crippen molar-refractivity contribution in [3.8, 4) is 0 Å². The van der Waals surface area contributed by atoms with Gasteiger partial charge in [0, 0.05) is 13.1 Å². The van der Waals surface area contributed by atoms with Crippen LogP contribution in [-0.2, 0) is 0 Å². The van der Waals surface area contributed by atoms with Crippen LogP contribution in [0.1, 0.15) is 37.2 Å². The van der Waals surface area contributed by atoms with Gasteiger partial charge in [0.05, 0.1) is 11.9 Å². The van der Waals surface area contributed by atoms with Gasteiger partial charge in [0.2, 0.25) is 0 Å². The smallest absolute Gasteiger partial charge is 0.272 e. The van der Waals surface area contributed by atoms with Crippen LogP contribution < -0.4 is 5.73 Å². The van der Waals surface area contributed by atoms with E-state index in [4.69, 9.17) is 5.73 Å². The largest absolute Gasteiger partial charge is 0.397 e. The van der Waals surface area contributed by atoms with Crippen LogP contribution in [0, 0.1) is 0 Å². The Morgan fingerprint density at radius 2 is 2.25 bits per heavy atom. The average Bonchev–Trinajstić information content (AvgIpc) is 2.28. The molecule has 1 rings (SSSR count). The molecule has 0 aromatic carbocycles. The molecule has 4 heteroatoms.